The van der Waals surface area contributed by atoms with Gasteiger partial charge in [-0.2, -0.15) is 0 Å². The third-order valence-electron chi connectivity index (χ3n) is 0.407. The van der Waals surface area contributed by atoms with Crippen LogP contribution in [0.1, 0.15) is 0 Å². The highest BCUT2D eigenvalue weighted by molar-refractivity contribution is 4.77. The minimum Gasteiger partial charge on any atom is -0.497 e. The summed E-state index contributed by atoms with van der Waals surface area (Å²) < 4.78 is 4.77. The Morgan fingerprint density at radius 2 is 2.29 bits per heavy atom. The molecule has 7 heavy (non-hydrogen) atoms. The van der Waals surface area contributed by atoms with Crippen LogP contribution in [0.15, 0.2) is 25.0 Å². The summed E-state index contributed by atoms with van der Waals surface area (Å²) in [6.45, 7) is 7.43. The van der Waals surface area contributed by atoms with Gasteiger partial charge in [0.05, 0.1) is 6.26 Å². The van der Waals surface area contributed by atoms with Gasteiger partial charge in [-0.25, -0.2) is 0 Å². The maximum Gasteiger partial charge on any atom is 0.105 e. The van der Waals surface area contributed by atoms with Crippen LogP contribution < -0.4 is 0 Å². The smallest absolute Gasteiger partial charge is 0.105 e. The van der Waals surface area contributed by atoms with Crippen molar-refractivity contribution < 1.29 is 4.74 Å². The van der Waals surface area contributed by atoms with Gasteiger partial charge in [-0.15, -0.1) is 0 Å². The molecule has 0 spiro atoms. The summed E-state index contributed by atoms with van der Waals surface area (Å²) in [5.74, 6) is 0. The van der Waals surface area contributed by atoms with Crippen molar-refractivity contribution in [1.29, 1.82) is 0 Å². The highest BCUT2D eigenvalue weighted by Crippen LogP contribution is 1.74. The van der Waals surface area contributed by atoms with Gasteiger partial charge in [0.25, 0.3) is 0 Å². The molecule has 0 rings (SSSR count). The predicted octanol–water partition coefficient (Wildman–Crippen LogP) is 1.54. The Labute approximate surface area is 44.3 Å². The second kappa shape index (κ2) is 5.28. The van der Waals surface area contributed by atoms with Crippen molar-refractivity contribution >= 4 is 0 Å². The highest BCUT2D eigenvalue weighted by Gasteiger charge is 1.64. The number of rotatable bonds is 3. The lowest BCUT2D eigenvalue weighted by Gasteiger charge is -1.88. The van der Waals surface area contributed by atoms with E-state index in [1.165, 1.54) is 6.26 Å². The molecular formula is C6H9O. The van der Waals surface area contributed by atoms with E-state index in [1.54, 1.807) is 12.2 Å². The van der Waals surface area contributed by atoms with Crippen molar-refractivity contribution in [3.8, 4) is 0 Å². The van der Waals surface area contributed by atoms with E-state index in [4.69, 9.17) is 4.74 Å². The Morgan fingerprint density at radius 3 is 2.71 bits per heavy atom. The zero-order valence-electron chi connectivity index (χ0n) is 4.26. The minimum atomic E-state index is 0.562. The summed E-state index contributed by atoms with van der Waals surface area (Å²) in [4.78, 5) is 0. The summed E-state index contributed by atoms with van der Waals surface area (Å²) in [6.07, 6.45) is 4.80. The van der Waals surface area contributed by atoms with E-state index in [0.29, 0.717) is 6.61 Å². The largest absolute Gasteiger partial charge is 0.497 e. The van der Waals surface area contributed by atoms with E-state index in [-0.39, 0.29) is 0 Å². The van der Waals surface area contributed by atoms with Crippen LogP contribution in [0.25, 0.3) is 0 Å². The highest BCUT2D eigenvalue weighted by atomic mass is 16.5. The van der Waals surface area contributed by atoms with E-state index >= 15 is 0 Å². The normalized spacial score (nSPS) is 9.29. The fourth-order valence-electron chi connectivity index (χ4n) is 0.192. The van der Waals surface area contributed by atoms with Crippen LogP contribution in [0.5, 0.6) is 0 Å². The third-order valence-corrected chi connectivity index (χ3v) is 0.407. The van der Waals surface area contributed by atoms with Crippen molar-refractivity contribution in [2.75, 3.05) is 6.61 Å². The molecule has 0 aromatic carbocycles. The number of ether oxygens (including phenoxy) is 1. The fraction of sp³-hybridized carbons (Fsp3) is 0.167. The monoisotopic (exact) mass is 97.1 g/mol. The maximum absolute atomic E-state index is 4.77. The van der Waals surface area contributed by atoms with Gasteiger partial charge in [0.15, 0.2) is 0 Å². The van der Waals surface area contributed by atoms with Gasteiger partial charge in [0.2, 0.25) is 0 Å². The first-order valence-corrected chi connectivity index (χ1v) is 2.08. The molecule has 0 amide bonds. The van der Waals surface area contributed by atoms with Crippen LogP contribution in [0.3, 0.4) is 0 Å². The minimum absolute atomic E-state index is 0.562. The number of hydrogen-bond acceptors (Lipinski definition) is 1. The SMILES string of the molecule is [CH2]/C=C/OCC=C. The van der Waals surface area contributed by atoms with Gasteiger partial charge in [-0.3, -0.25) is 0 Å². The lowest BCUT2D eigenvalue weighted by Crippen LogP contribution is -1.76. The average molecular weight is 97.1 g/mol. The Morgan fingerprint density at radius 1 is 1.57 bits per heavy atom. The molecule has 1 heteroatoms. The summed E-state index contributed by atoms with van der Waals surface area (Å²) in [6, 6.07) is 0. The molecule has 0 bridgehead atoms. The van der Waals surface area contributed by atoms with Crippen LogP contribution in [0, 0.1) is 6.92 Å². The first-order valence-electron chi connectivity index (χ1n) is 2.08. The first-order chi connectivity index (χ1) is 3.41. The fourth-order valence-corrected chi connectivity index (χ4v) is 0.192. The van der Waals surface area contributed by atoms with E-state index < -0.39 is 0 Å². The lowest BCUT2D eigenvalue weighted by molar-refractivity contribution is 0.290. The van der Waals surface area contributed by atoms with Crippen LogP contribution in [0.2, 0.25) is 0 Å². The molecule has 0 saturated carbocycles. The Bertz CT molecular complexity index is 64.6. The summed E-state index contributed by atoms with van der Waals surface area (Å²) in [7, 11) is 0. The molecule has 0 aromatic rings. The Balaban J connectivity index is 2.82. The summed E-state index contributed by atoms with van der Waals surface area (Å²) in [5, 5.41) is 0. The Kier molecular flexibility index (Phi) is 4.74. The molecule has 0 fully saturated rings. The molecular weight excluding hydrogens is 88.1 g/mol. The van der Waals surface area contributed by atoms with Crippen LogP contribution in [0.4, 0.5) is 0 Å². The van der Waals surface area contributed by atoms with Crippen molar-refractivity contribution in [2.45, 2.75) is 0 Å². The molecule has 0 aliphatic carbocycles. The number of hydrogen-bond donors (Lipinski definition) is 0. The van der Waals surface area contributed by atoms with Crippen molar-refractivity contribution in [2.24, 2.45) is 0 Å². The van der Waals surface area contributed by atoms with Crippen molar-refractivity contribution in [1.82, 2.24) is 0 Å². The first kappa shape index (κ1) is 6.28. The maximum atomic E-state index is 4.77. The van der Waals surface area contributed by atoms with Gasteiger partial charge >= 0.3 is 0 Å². The van der Waals surface area contributed by atoms with Gasteiger partial charge < -0.3 is 4.74 Å². The van der Waals surface area contributed by atoms with Gasteiger partial charge in [0.1, 0.15) is 6.61 Å². The van der Waals surface area contributed by atoms with Gasteiger partial charge in [0, 0.05) is 0 Å². The molecule has 0 atom stereocenters. The molecule has 0 aliphatic rings. The summed E-state index contributed by atoms with van der Waals surface area (Å²) in [5.41, 5.74) is 0. The zero-order valence-corrected chi connectivity index (χ0v) is 4.26. The van der Waals surface area contributed by atoms with E-state index in [9.17, 15) is 0 Å². The molecule has 0 heterocycles. The number of allylic oxidation sites excluding steroid dienone is 1. The topological polar surface area (TPSA) is 9.23 Å². The van der Waals surface area contributed by atoms with E-state index in [2.05, 4.69) is 13.5 Å². The molecule has 0 saturated heterocycles. The Hall–Kier alpha value is -0.720. The van der Waals surface area contributed by atoms with Crippen LogP contribution in [-0.4, -0.2) is 6.61 Å². The molecule has 1 nitrogen and oxygen atoms in total. The molecule has 0 aliphatic heterocycles. The molecule has 1 radical (unpaired) electrons. The average Bonchev–Trinajstić information content (AvgIpc) is 1.69. The third kappa shape index (κ3) is 5.28. The van der Waals surface area contributed by atoms with Crippen molar-refractivity contribution in [3.05, 3.63) is 31.9 Å². The quantitative estimate of drug-likeness (QED) is 0.295. The zero-order chi connectivity index (χ0) is 5.54. The lowest BCUT2D eigenvalue weighted by atomic mass is 10.7. The van der Waals surface area contributed by atoms with E-state index in [0.717, 1.165) is 0 Å². The van der Waals surface area contributed by atoms with Crippen LogP contribution in [-0.2, 0) is 4.74 Å². The summed E-state index contributed by atoms with van der Waals surface area (Å²) >= 11 is 0. The van der Waals surface area contributed by atoms with Gasteiger partial charge in [-0.05, 0) is 13.0 Å². The standard InChI is InChI=1S/C6H9O/c1-3-5-7-6-4-2/h3-5H,1-2,6H2/b5-3+. The van der Waals surface area contributed by atoms with Crippen molar-refractivity contribution in [3.63, 3.8) is 0 Å². The van der Waals surface area contributed by atoms with E-state index in [1.807, 2.05) is 0 Å². The predicted molar refractivity (Wildman–Crippen MR) is 30.6 cm³/mol. The van der Waals surface area contributed by atoms with Gasteiger partial charge in [-0.1, -0.05) is 12.7 Å². The second-order valence-corrected chi connectivity index (χ2v) is 0.994. The molecule has 39 valence electrons. The molecule has 0 N–H and O–H groups in total. The second-order valence-electron chi connectivity index (χ2n) is 0.994. The van der Waals surface area contributed by atoms with Crippen LogP contribution >= 0.6 is 0 Å². The molecule has 0 unspecified atom stereocenters. The molecule has 0 aromatic heterocycles.